The monoisotopic (exact) mass is 191 g/mol. The predicted molar refractivity (Wildman–Crippen MR) is 51.9 cm³/mol. The minimum Gasteiger partial charge on any atom is -0.408 e. The van der Waals surface area contributed by atoms with E-state index in [1.807, 2.05) is 13.0 Å². The third-order valence-electron chi connectivity index (χ3n) is 1.81. The number of nitrogens with zero attached hydrogens (tertiary/aromatic N) is 1. The fraction of sp³-hybridized carbons (Fsp3) is 0.200. The maximum Gasteiger partial charge on any atom is 0.272 e. The summed E-state index contributed by atoms with van der Waals surface area (Å²) in [4.78, 5) is 10.2. The van der Waals surface area contributed by atoms with Crippen LogP contribution in [0.25, 0.3) is 0 Å². The highest BCUT2D eigenvalue weighted by atomic mass is 16.6. The summed E-state index contributed by atoms with van der Waals surface area (Å²) in [5, 5.41) is 10.6. The van der Waals surface area contributed by atoms with Crippen LogP contribution < -0.4 is 4.74 Å². The first kappa shape index (κ1) is 10.1. The highest BCUT2D eigenvalue weighted by molar-refractivity contribution is 5.45. The summed E-state index contributed by atoms with van der Waals surface area (Å²) in [6.45, 7) is 1.84. The molecular formula is C10H9NO3. The highest BCUT2D eigenvalue weighted by Crippen LogP contribution is 2.24. The molecule has 0 bridgehead atoms. The van der Waals surface area contributed by atoms with Crippen LogP contribution in [0.5, 0.6) is 5.75 Å². The lowest BCUT2D eigenvalue weighted by atomic mass is 10.1. The standard InChI is InChI=1S/C10H9NO3/c1-3-8-7-9(14-4-2)5-6-10(8)11(12)13/h2,5-7H,3H2,1H3. The van der Waals surface area contributed by atoms with Crippen LogP contribution in [0.2, 0.25) is 0 Å². The van der Waals surface area contributed by atoms with Crippen LogP contribution >= 0.6 is 0 Å². The van der Waals surface area contributed by atoms with Crippen LogP contribution in [0, 0.1) is 22.6 Å². The Kier molecular flexibility index (Phi) is 3.08. The van der Waals surface area contributed by atoms with Crippen LogP contribution in [0.4, 0.5) is 5.69 Å². The lowest BCUT2D eigenvalue weighted by Gasteiger charge is -2.01. The van der Waals surface area contributed by atoms with E-state index in [9.17, 15) is 10.1 Å². The van der Waals surface area contributed by atoms with E-state index in [-0.39, 0.29) is 5.69 Å². The molecule has 4 nitrogen and oxygen atoms in total. The van der Waals surface area contributed by atoms with Crippen LogP contribution in [-0.4, -0.2) is 4.92 Å². The minimum atomic E-state index is -0.418. The van der Waals surface area contributed by atoms with E-state index in [1.165, 1.54) is 12.1 Å². The van der Waals surface area contributed by atoms with Gasteiger partial charge in [-0.05, 0) is 18.6 Å². The summed E-state index contributed by atoms with van der Waals surface area (Å²) >= 11 is 0. The smallest absolute Gasteiger partial charge is 0.272 e. The molecule has 1 aromatic carbocycles. The predicted octanol–water partition coefficient (Wildman–Crippen LogP) is 2.13. The summed E-state index contributed by atoms with van der Waals surface area (Å²) in [7, 11) is 0. The third-order valence-corrected chi connectivity index (χ3v) is 1.81. The molecule has 0 fully saturated rings. The summed E-state index contributed by atoms with van der Waals surface area (Å²) in [5.41, 5.74) is 0.708. The number of hydrogen-bond acceptors (Lipinski definition) is 3. The molecule has 0 N–H and O–H groups in total. The van der Waals surface area contributed by atoms with Crippen LogP contribution in [0.3, 0.4) is 0 Å². The molecule has 0 atom stereocenters. The van der Waals surface area contributed by atoms with Crippen molar-refractivity contribution in [3.05, 3.63) is 33.9 Å². The molecule has 1 aromatic rings. The first-order chi connectivity index (χ1) is 6.69. The number of rotatable bonds is 3. The van der Waals surface area contributed by atoms with Gasteiger partial charge in [-0.25, -0.2) is 0 Å². The summed E-state index contributed by atoms with van der Waals surface area (Å²) < 4.78 is 4.79. The number of ether oxygens (including phenoxy) is 1. The zero-order chi connectivity index (χ0) is 10.6. The number of benzene rings is 1. The van der Waals surface area contributed by atoms with E-state index in [4.69, 9.17) is 11.2 Å². The second-order valence-corrected chi connectivity index (χ2v) is 2.62. The van der Waals surface area contributed by atoms with E-state index >= 15 is 0 Å². The van der Waals surface area contributed by atoms with Gasteiger partial charge in [0, 0.05) is 11.6 Å². The Bertz CT molecular complexity index is 393. The van der Waals surface area contributed by atoms with E-state index < -0.39 is 4.92 Å². The number of nitro groups is 1. The number of aryl methyl sites for hydroxylation is 1. The van der Waals surface area contributed by atoms with E-state index in [1.54, 1.807) is 6.07 Å². The Morgan fingerprint density at radius 3 is 2.86 bits per heavy atom. The number of hydrogen-bond donors (Lipinski definition) is 0. The molecular weight excluding hydrogens is 182 g/mol. The second-order valence-electron chi connectivity index (χ2n) is 2.62. The zero-order valence-corrected chi connectivity index (χ0v) is 7.69. The van der Waals surface area contributed by atoms with Crippen molar-refractivity contribution in [2.45, 2.75) is 13.3 Å². The fourth-order valence-electron chi connectivity index (χ4n) is 1.15. The van der Waals surface area contributed by atoms with Gasteiger partial charge in [0.15, 0.2) is 0 Å². The SMILES string of the molecule is C#COc1ccc([N+](=O)[O-])c(CC)c1. The summed E-state index contributed by atoms with van der Waals surface area (Å²) in [6.07, 6.45) is 7.53. The van der Waals surface area contributed by atoms with Gasteiger partial charge in [-0.2, -0.15) is 0 Å². The molecule has 0 heterocycles. The van der Waals surface area contributed by atoms with Crippen molar-refractivity contribution in [3.63, 3.8) is 0 Å². The van der Waals surface area contributed by atoms with Gasteiger partial charge in [-0.3, -0.25) is 10.1 Å². The van der Waals surface area contributed by atoms with Gasteiger partial charge in [0.2, 0.25) is 0 Å². The summed E-state index contributed by atoms with van der Waals surface area (Å²) in [6, 6.07) is 4.46. The Balaban J connectivity index is 3.12. The number of nitro benzene ring substituents is 1. The minimum absolute atomic E-state index is 0.0943. The molecule has 72 valence electrons. The van der Waals surface area contributed by atoms with Crippen LogP contribution in [-0.2, 0) is 6.42 Å². The second kappa shape index (κ2) is 4.28. The van der Waals surface area contributed by atoms with E-state index in [0.717, 1.165) is 0 Å². The molecule has 0 radical (unpaired) electrons. The lowest BCUT2D eigenvalue weighted by molar-refractivity contribution is -0.385. The van der Waals surface area contributed by atoms with Crippen LogP contribution in [0.1, 0.15) is 12.5 Å². The molecule has 4 heteroatoms. The number of terminal acetylenes is 1. The molecule has 0 aliphatic carbocycles. The van der Waals surface area contributed by atoms with Gasteiger partial charge >= 0.3 is 0 Å². The van der Waals surface area contributed by atoms with Crippen molar-refractivity contribution in [3.8, 4) is 18.3 Å². The molecule has 0 aliphatic heterocycles. The van der Waals surface area contributed by atoms with E-state index in [0.29, 0.717) is 17.7 Å². The Morgan fingerprint density at radius 1 is 1.64 bits per heavy atom. The average molecular weight is 191 g/mol. The first-order valence-electron chi connectivity index (χ1n) is 4.08. The summed E-state index contributed by atoms with van der Waals surface area (Å²) in [5.74, 6) is 0.454. The highest BCUT2D eigenvalue weighted by Gasteiger charge is 2.12. The average Bonchev–Trinajstić information content (AvgIpc) is 2.17. The third kappa shape index (κ3) is 2.02. The largest absolute Gasteiger partial charge is 0.408 e. The van der Waals surface area contributed by atoms with Gasteiger partial charge in [-0.15, -0.1) is 0 Å². The van der Waals surface area contributed by atoms with Crippen molar-refractivity contribution in [1.29, 1.82) is 0 Å². The molecule has 14 heavy (non-hydrogen) atoms. The van der Waals surface area contributed by atoms with Crippen LogP contribution in [0.15, 0.2) is 18.2 Å². The van der Waals surface area contributed by atoms with Crippen molar-refractivity contribution in [1.82, 2.24) is 0 Å². The van der Waals surface area contributed by atoms with Gasteiger partial charge in [0.05, 0.1) is 4.92 Å². The quantitative estimate of drug-likeness (QED) is 0.417. The Labute approximate surface area is 81.7 Å². The molecule has 0 aliphatic rings. The molecule has 1 rings (SSSR count). The van der Waals surface area contributed by atoms with Gasteiger partial charge in [0.1, 0.15) is 11.9 Å². The molecule has 0 amide bonds. The van der Waals surface area contributed by atoms with E-state index in [2.05, 4.69) is 0 Å². The molecule has 0 unspecified atom stereocenters. The molecule has 0 saturated heterocycles. The van der Waals surface area contributed by atoms with Gasteiger partial charge < -0.3 is 4.74 Å². The molecule has 0 spiro atoms. The maximum atomic E-state index is 10.6. The zero-order valence-electron chi connectivity index (χ0n) is 7.69. The van der Waals surface area contributed by atoms with Crippen molar-refractivity contribution in [2.75, 3.05) is 0 Å². The van der Waals surface area contributed by atoms with Gasteiger partial charge in [0.25, 0.3) is 5.69 Å². The Hall–Kier alpha value is -2.02. The fourth-order valence-corrected chi connectivity index (χ4v) is 1.15. The van der Waals surface area contributed by atoms with Crippen molar-refractivity contribution < 1.29 is 9.66 Å². The lowest BCUT2D eigenvalue weighted by Crippen LogP contribution is -1.94. The molecule has 0 aromatic heterocycles. The Morgan fingerprint density at radius 2 is 2.36 bits per heavy atom. The van der Waals surface area contributed by atoms with Crippen molar-refractivity contribution in [2.24, 2.45) is 0 Å². The van der Waals surface area contributed by atoms with Crippen molar-refractivity contribution >= 4 is 5.69 Å². The first-order valence-corrected chi connectivity index (χ1v) is 4.08. The molecule has 0 saturated carbocycles. The topological polar surface area (TPSA) is 52.4 Å². The normalized spacial score (nSPS) is 9.14. The van der Waals surface area contributed by atoms with Gasteiger partial charge in [-0.1, -0.05) is 13.3 Å². The maximum absolute atomic E-state index is 10.6.